The summed E-state index contributed by atoms with van der Waals surface area (Å²) < 4.78 is 39.9. The molecule has 0 radical (unpaired) electrons. The van der Waals surface area contributed by atoms with Crippen LogP contribution >= 0.6 is 0 Å². The zero-order chi connectivity index (χ0) is 21.6. The van der Waals surface area contributed by atoms with Crippen LogP contribution in [0.1, 0.15) is 13.8 Å². The summed E-state index contributed by atoms with van der Waals surface area (Å²) in [5.41, 5.74) is 0.531. The Labute approximate surface area is 174 Å². The Kier molecular flexibility index (Phi) is 6.68. The van der Waals surface area contributed by atoms with Crippen LogP contribution in [0.4, 0.5) is 6.01 Å². The molecule has 158 valence electrons. The van der Waals surface area contributed by atoms with Gasteiger partial charge in [0.05, 0.1) is 17.3 Å². The first-order chi connectivity index (χ1) is 14.4. The molecule has 0 fully saturated rings. The maximum atomic E-state index is 12.0. The predicted molar refractivity (Wildman–Crippen MR) is 109 cm³/mol. The largest absolute Gasteiger partial charge is 0.494 e. The zero-order valence-electron chi connectivity index (χ0n) is 16.5. The monoisotopic (exact) mass is 431 g/mol. The maximum Gasteiger partial charge on any atom is 0.322 e. The van der Waals surface area contributed by atoms with Gasteiger partial charge in [0, 0.05) is 5.56 Å². The van der Waals surface area contributed by atoms with Crippen molar-refractivity contribution in [2.45, 2.75) is 18.7 Å². The van der Waals surface area contributed by atoms with Crippen molar-refractivity contribution in [3.63, 3.8) is 0 Å². The van der Waals surface area contributed by atoms with Crippen LogP contribution in [0, 0.1) is 0 Å². The Morgan fingerprint density at radius 3 is 2.20 bits per heavy atom. The molecule has 1 aromatic heterocycles. The highest BCUT2D eigenvalue weighted by molar-refractivity contribution is 7.91. The van der Waals surface area contributed by atoms with Crippen LogP contribution in [0.3, 0.4) is 0 Å². The standard InChI is InChI=1S/C20H21N3O6S/c1-3-27-15-7-9-16(10-8-15)28-13-18(24)21-20-23-22-19(29-20)14-5-11-17(12-6-14)30(25,26)4-2/h5-12H,3-4,13H2,1-2H3,(H,21,23,24). The number of carbonyl (C=O) groups is 1. The van der Waals surface area contributed by atoms with E-state index in [0.717, 1.165) is 0 Å². The second-order valence-electron chi connectivity index (χ2n) is 6.08. The van der Waals surface area contributed by atoms with Gasteiger partial charge in [0.15, 0.2) is 16.4 Å². The Morgan fingerprint density at radius 2 is 1.60 bits per heavy atom. The molecule has 3 rings (SSSR count). The molecule has 1 amide bonds. The third-order valence-electron chi connectivity index (χ3n) is 4.02. The summed E-state index contributed by atoms with van der Waals surface area (Å²) in [7, 11) is -3.29. The molecule has 30 heavy (non-hydrogen) atoms. The quantitative estimate of drug-likeness (QED) is 0.549. The Morgan fingerprint density at radius 1 is 0.967 bits per heavy atom. The fourth-order valence-corrected chi connectivity index (χ4v) is 3.35. The Hall–Kier alpha value is -3.40. The summed E-state index contributed by atoms with van der Waals surface area (Å²) in [4.78, 5) is 12.2. The number of benzene rings is 2. The van der Waals surface area contributed by atoms with Crippen molar-refractivity contribution < 1.29 is 27.1 Å². The van der Waals surface area contributed by atoms with Crippen molar-refractivity contribution in [3.8, 4) is 23.0 Å². The summed E-state index contributed by atoms with van der Waals surface area (Å²) in [6, 6.07) is 12.9. The van der Waals surface area contributed by atoms with E-state index in [1.165, 1.54) is 12.1 Å². The minimum Gasteiger partial charge on any atom is -0.494 e. The molecule has 1 N–H and O–H groups in total. The van der Waals surface area contributed by atoms with Crippen molar-refractivity contribution >= 4 is 21.8 Å². The van der Waals surface area contributed by atoms with Gasteiger partial charge >= 0.3 is 6.01 Å². The number of rotatable bonds is 9. The summed E-state index contributed by atoms with van der Waals surface area (Å²) in [5.74, 6) is 0.929. The fourth-order valence-electron chi connectivity index (χ4n) is 2.46. The topological polar surface area (TPSA) is 121 Å². The summed E-state index contributed by atoms with van der Waals surface area (Å²) in [6.45, 7) is 3.80. The van der Waals surface area contributed by atoms with Crippen molar-refractivity contribution in [1.29, 1.82) is 0 Å². The molecule has 0 aliphatic heterocycles. The first-order valence-electron chi connectivity index (χ1n) is 9.23. The van der Waals surface area contributed by atoms with Gasteiger partial charge in [-0.2, -0.15) is 0 Å². The van der Waals surface area contributed by atoms with E-state index in [0.29, 0.717) is 23.7 Å². The Bertz CT molecular complexity index is 1090. The first-order valence-corrected chi connectivity index (χ1v) is 10.9. The van der Waals surface area contributed by atoms with E-state index in [4.69, 9.17) is 13.9 Å². The van der Waals surface area contributed by atoms with Crippen LogP contribution in [0.2, 0.25) is 0 Å². The van der Waals surface area contributed by atoms with Gasteiger partial charge in [0.2, 0.25) is 5.89 Å². The molecule has 0 aliphatic rings. The fraction of sp³-hybridized carbons (Fsp3) is 0.250. The molecule has 0 saturated heterocycles. The minimum atomic E-state index is -3.29. The van der Waals surface area contributed by atoms with Gasteiger partial charge in [-0.3, -0.25) is 10.1 Å². The molecular formula is C20H21N3O6S. The highest BCUT2D eigenvalue weighted by atomic mass is 32.2. The van der Waals surface area contributed by atoms with Gasteiger partial charge in [0.1, 0.15) is 11.5 Å². The number of sulfone groups is 1. The number of ether oxygens (including phenoxy) is 2. The number of hydrogen-bond donors (Lipinski definition) is 1. The van der Waals surface area contributed by atoms with Crippen molar-refractivity contribution in [2.75, 3.05) is 24.3 Å². The van der Waals surface area contributed by atoms with E-state index in [-0.39, 0.29) is 29.2 Å². The first kappa shape index (κ1) is 21.3. The van der Waals surface area contributed by atoms with Crippen LogP contribution < -0.4 is 14.8 Å². The molecule has 0 unspecified atom stereocenters. The highest BCUT2D eigenvalue weighted by Crippen LogP contribution is 2.22. The number of carbonyl (C=O) groups excluding carboxylic acids is 1. The third-order valence-corrected chi connectivity index (χ3v) is 5.77. The zero-order valence-corrected chi connectivity index (χ0v) is 17.3. The SMILES string of the molecule is CCOc1ccc(OCC(=O)Nc2nnc(-c3ccc(S(=O)(=O)CC)cc3)o2)cc1. The summed E-state index contributed by atoms with van der Waals surface area (Å²) in [6.07, 6.45) is 0. The van der Waals surface area contributed by atoms with Gasteiger partial charge in [-0.15, -0.1) is 5.10 Å². The number of nitrogens with one attached hydrogen (secondary N) is 1. The van der Waals surface area contributed by atoms with Crippen LogP contribution in [-0.4, -0.2) is 43.5 Å². The third kappa shape index (κ3) is 5.35. The number of nitrogens with zero attached hydrogens (tertiary/aromatic N) is 2. The van der Waals surface area contributed by atoms with Crippen molar-refractivity contribution in [1.82, 2.24) is 10.2 Å². The van der Waals surface area contributed by atoms with Gasteiger partial charge in [-0.25, -0.2) is 8.42 Å². The van der Waals surface area contributed by atoms with E-state index in [1.807, 2.05) is 6.92 Å². The second kappa shape index (κ2) is 9.40. The molecule has 1 heterocycles. The number of amides is 1. The second-order valence-corrected chi connectivity index (χ2v) is 8.36. The van der Waals surface area contributed by atoms with Gasteiger partial charge in [-0.1, -0.05) is 12.0 Å². The molecule has 0 spiro atoms. The number of anilines is 1. The molecule has 0 bridgehead atoms. The van der Waals surface area contributed by atoms with Crippen molar-refractivity contribution in [3.05, 3.63) is 48.5 Å². The molecule has 0 saturated carbocycles. The van der Waals surface area contributed by atoms with Crippen LogP contribution in [0.15, 0.2) is 57.8 Å². The van der Waals surface area contributed by atoms with Crippen LogP contribution in [0.5, 0.6) is 11.5 Å². The van der Waals surface area contributed by atoms with Gasteiger partial charge < -0.3 is 13.9 Å². The molecule has 2 aromatic carbocycles. The number of hydrogen-bond acceptors (Lipinski definition) is 8. The minimum absolute atomic E-state index is 0.0157. The molecule has 10 heteroatoms. The summed E-state index contributed by atoms with van der Waals surface area (Å²) in [5, 5.41) is 10.1. The highest BCUT2D eigenvalue weighted by Gasteiger charge is 2.15. The average Bonchev–Trinajstić information content (AvgIpc) is 3.22. The van der Waals surface area contributed by atoms with E-state index in [1.54, 1.807) is 43.3 Å². The lowest BCUT2D eigenvalue weighted by Crippen LogP contribution is -2.20. The maximum absolute atomic E-state index is 12.0. The smallest absolute Gasteiger partial charge is 0.322 e. The van der Waals surface area contributed by atoms with Gasteiger partial charge in [0.25, 0.3) is 5.91 Å². The summed E-state index contributed by atoms with van der Waals surface area (Å²) >= 11 is 0. The lowest BCUT2D eigenvalue weighted by Gasteiger charge is -2.07. The van der Waals surface area contributed by atoms with Crippen molar-refractivity contribution in [2.24, 2.45) is 0 Å². The molecule has 0 aliphatic carbocycles. The lowest BCUT2D eigenvalue weighted by molar-refractivity contribution is -0.118. The van der Waals surface area contributed by atoms with E-state index in [2.05, 4.69) is 15.5 Å². The lowest BCUT2D eigenvalue weighted by atomic mass is 10.2. The molecule has 3 aromatic rings. The van der Waals surface area contributed by atoms with Gasteiger partial charge in [-0.05, 0) is 55.5 Å². The molecule has 9 nitrogen and oxygen atoms in total. The van der Waals surface area contributed by atoms with E-state index < -0.39 is 15.7 Å². The van der Waals surface area contributed by atoms with E-state index in [9.17, 15) is 13.2 Å². The number of aromatic nitrogens is 2. The van der Waals surface area contributed by atoms with Crippen LogP contribution in [0.25, 0.3) is 11.5 Å². The molecular weight excluding hydrogens is 410 g/mol. The predicted octanol–water partition coefficient (Wildman–Crippen LogP) is 2.95. The van der Waals surface area contributed by atoms with E-state index >= 15 is 0 Å². The normalized spacial score (nSPS) is 11.1. The Balaban J connectivity index is 1.56. The average molecular weight is 431 g/mol. The van der Waals surface area contributed by atoms with Crippen LogP contribution in [-0.2, 0) is 14.6 Å². The molecule has 0 atom stereocenters.